The number of epoxide rings is 1. The maximum absolute atomic E-state index is 9.85. The van der Waals surface area contributed by atoms with Gasteiger partial charge in [0, 0.05) is 4.47 Å². The average molecular weight is 257 g/mol. The van der Waals surface area contributed by atoms with Crippen molar-refractivity contribution in [1.82, 2.24) is 0 Å². The van der Waals surface area contributed by atoms with Crippen molar-refractivity contribution in [2.45, 2.75) is 25.0 Å². The molecule has 1 aliphatic rings. The zero-order valence-electron chi connectivity index (χ0n) is 7.82. The van der Waals surface area contributed by atoms with E-state index in [0.29, 0.717) is 6.10 Å². The average Bonchev–Trinajstić information content (AvgIpc) is 2.97. The van der Waals surface area contributed by atoms with E-state index in [0.717, 1.165) is 29.5 Å². The molecule has 2 atom stereocenters. The molecule has 0 spiro atoms. The second-order valence-electron chi connectivity index (χ2n) is 3.60. The van der Waals surface area contributed by atoms with Gasteiger partial charge in [0.15, 0.2) is 0 Å². The van der Waals surface area contributed by atoms with Crippen LogP contribution < -0.4 is 0 Å². The first-order valence-electron chi connectivity index (χ1n) is 4.81. The molecule has 0 radical (unpaired) electrons. The summed E-state index contributed by atoms with van der Waals surface area (Å²) in [5.74, 6) is 0. The molecule has 3 heteroatoms. The molecule has 1 aliphatic heterocycles. The monoisotopic (exact) mass is 256 g/mol. The molecule has 1 fully saturated rings. The molecule has 1 N–H and O–H groups in total. The summed E-state index contributed by atoms with van der Waals surface area (Å²) in [5, 5.41) is 9.85. The highest BCUT2D eigenvalue weighted by Crippen LogP contribution is 2.25. The lowest BCUT2D eigenvalue weighted by Crippen LogP contribution is -1.99. The van der Waals surface area contributed by atoms with Crippen LogP contribution in [0.1, 0.15) is 24.5 Å². The second kappa shape index (κ2) is 4.43. The molecule has 2 rings (SSSR count). The van der Waals surface area contributed by atoms with Crippen molar-refractivity contribution in [1.29, 1.82) is 0 Å². The van der Waals surface area contributed by atoms with E-state index < -0.39 is 0 Å². The largest absolute Gasteiger partial charge is 0.388 e. The molecule has 1 aromatic carbocycles. The van der Waals surface area contributed by atoms with Gasteiger partial charge in [0.2, 0.25) is 0 Å². The van der Waals surface area contributed by atoms with Gasteiger partial charge >= 0.3 is 0 Å². The van der Waals surface area contributed by atoms with Crippen LogP contribution in [0.15, 0.2) is 28.7 Å². The third kappa shape index (κ3) is 2.80. The number of ether oxygens (including phenoxy) is 1. The van der Waals surface area contributed by atoms with Crippen LogP contribution >= 0.6 is 15.9 Å². The Bertz CT molecular complexity index is 310. The molecule has 1 saturated heterocycles. The summed E-state index contributed by atoms with van der Waals surface area (Å²) in [4.78, 5) is 0. The molecular weight excluding hydrogens is 244 g/mol. The highest BCUT2D eigenvalue weighted by Gasteiger charge is 2.23. The van der Waals surface area contributed by atoms with Gasteiger partial charge in [0.05, 0.1) is 18.8 Å². The van der Waals surface area contributed by atoms with E-state index in [2.05, 4.69) is 15.9 Å². The topological polar surface area (TPSA) is 32.8 Å². The summed E-state index contributed by atoms with van der Waals surface area (Å²) in [5.41, 5.74) is 0.972. The van der Waals surface area contributed by atoms with E-state index in [-0.39, 0.29) is 6.10 Å². The second-order valence-corrected chi connectivity index (χ2v) is 4.52. The number of rotatable bonds is 4. The minimum absolute atomic E-state index is 0.364. The van der Waals surface area contributed by atoms with Crippen molar-refractivity contribution in [3.05, 3.63) is 34.3 Å². The van der Waals surface area contributed by atoms with Gasteiger partial charge in [0.25, 0.3) is 0 Å². The van der Waals surface area contributed by atoms with Crippen LogP contribution in [0.25, 0.3) is 0 Å². The Labute approximate surface area is 92.0 Å². The summed E-state index contributed by atoms with van der Waals surface area (Å²) in [6.07, 6.45) is 1.77. The number of aliphatic hydroxyl groups is 1. The van der Waals surface area contributed by atoms with Gasteiger partial charge in [-0.3, -0.25) is 0 Å². The highest BCUT2D eigenvalue weighted by atomic mass is 79.9. The summed E-state index contributed by atoms with van der Waals surface area (Å²) in [6.45, 7) is 0.866. The maximum atomic E-state index is 9.85. The van der Waals surface area contributed by atoms with Gasteiger partial charge in [-0.25, -0.2) is 0 Å². The Morgan fingerprint density at radius 1 is 1.57 bits per heavy atom. The Morgan fingerprint density at radius 2 is 2.36 bits per heavy atom. The maximum Gasteiger partial charge on any atom is 0.0811 e. The van der Waals surface area contributed by atoms with Crippen molar-refractivity contribution in [2.75, 3.05) is 6.61 Å². The first-order valence-corrected chi connectivity index (χ1v) is 5.60. The van der Waals surface area contributed by atoms with Crippen LogP contribution in [-0.4, -0.2) is 17.8 Å². The zero-order chi connectivity index (χ0) is 9.97. The van der Waals surface area contributed by atoms with Gasteiger partial charge < -0.3 is 9.84 Å². The summed E-state index contributed by atoms with van der Waals surface area (Å²) in [6, 6.07) is 7.80. The van der Waals surface area contributed by atoms with Crippen LogP contribution in [-0.2, 0) is 4.74 Å². The molecule has 0 bridgehead atoms. The van der Waals surface area contributed by atoms with Crippen LogP contribution in [0, 0.1) is 0 Å². The molecule has 1 aromatic rings. The van der Waals surface area contributed by atoms with Crippen molar-refractivity contribution in [3.8, 4) is 0 Å². The zero-order valence-corrected chi connectivity index (χ0v) is 9.40. The van der Waals surface area contributed by atoms with Crippen molar-refractivity contribution in [2.24, 2.45) is 0 Å². The Morgan fingerprint density at radius 3 is 3.00 bits per heavy atom. The SMILES string of the molecule is OC(CCC1CO1)c1cccc(Br)c1. The Kier molecular flexibility index (Phi) is 3.21. The molecule has 14 heavy (non-hydrogen) atoms. The van der Waals surface area contributed by atoms with Crippen LogP contribution in [0.2, 0.25) is 0 Å². The first-order chi connectivity index (χ1) is 6.75. The quantitative estimate of drug-likeness (QED) is 0.841. The number of aliphatic hydroxyl groups excluding tert-OH is 1. The van der Waals surface area contributed by atoms with Gasteiger partial charge in [-0.2, -0.15) is 0 Å². The van der Waals surface area contributed by atoms with E-state index >= 15 is 0 Å². The van der Waals surface area contributed by atoms with Crippen LogP contribution in [0.3, 0.4) is 0 Å². The molecule has 0 saturated carbocycles. The molecule has 0 amide bonds. The van der Waals surface area contributed by atoms with Crippen molar-refractivity contribution >= 4 is 15.9 Å². The lowest BCUT2D eigenvalue weighted by molar-refractivity contribution is 0.160. The fraction of sp³-hybridized carbons (Fsp3) is 0.455. The smallest absolute Gasteiger partial charge is 0.0811 e. The normalized spacial score (nSPS) is 22.0. The van der Waals surface area contributed by atoms with Gasteiger partial charge in [-0.15, -0.1) is 0 Å². The highest BCUT2D eigenvalue weighted by molar-refractivity contribution is 9.10. The first kappa shape index (κ1) is 10.1. The number of hydrogen-bond acceptors (Lipinski definition) is 2. The van der Waals surface area contributed by atoms with Gasteiger partial charge in [-0.05, 0) is 30.5 Å². The lowest BCUT2D eigenvalue weighted by Gasteiger charge is -2.09. The third-order valence-electron chi connectivity index (χ3n) is 2.40. The Balaban J connectivity index is 1.91. The number of benzene rings is 1. The van der Waals surface area contributed by atoms with E-state index in [1.807, 2.05) is 24.3 Å². The lowest BCUT2D eigenvalue weighted by atomic mass is 10.0. The fourth-order valence-corrected chi connectivity index (χ4v) is 1.88. The summed E-state index contributed by atoms with van der Waals surface area (Å²) >= 11 is 3.39. The molecular formula is C11H13BrO2. The molecule has 2 nitrogen and oxygen atoms in total. The van der Waals surface area contributed by atoms with Crippen LogP contribution in [0.5, 0.6) is 0 Å². The molecule has 76 valence electrons. The minimum atomic E-state index is -0.364. The molecule has 0 aromatic heterocycles. The van der Waals surface area contributed by atoms with Gasteiger partial charge in [-0.1, -0.05) is 28.1 Å². The van der Waals surface area contributed by atoms with E-state index in [1.54, 1.807) is 0 Å². The van der Waals surface area contributed by atoms with Crippen molar-refractivity contribution in [3.63, 3.8) is 0 Å². The minimum Gasteiger partial charge on any atom is -0.388 e. The number of halogens is 1. The number of hydrogen-bond donors (Lipinski definition) is 1. The Hall–Kier alpha value is -0.380. The summed E-state index contributed by atoms with van der Waals surface area (Å²) in [7, 11) is 0. The van der Waals surface area contributed by atoms with Gasteiger partial charge in [0.1, 0.15) is 0 Å². The van der Waals surface area contributed by atoms with Crippen LogP contribution in [0.4, 0.5) is 0 Å². The van der Waals surface area contributed by atoms with Crippen molar-refractivity contribution < 1.29 is 9.84 Å². The predicted octanol–water partition coefficient (Wildman–Crippen LogP) is 2.66. The van der Waals surface area contributed by atoms with E-state index in [1.165, 1.54) is 0 Å². The van der Waals surface area contributed by atoms with E-state index in [9.17, 15) is 5.11 Å². The van der Waals surface area contributed by atoms with E-state index in [4.69, 9.17) is 4.74 Å². The molecule has 0 aliphatic carbocycles. The standard InChI is InChI=1S/C11H13BrO2/c12-9-3-1-2-8(6-9)11(13)5-4-10-7-14-10/h1-3,6,10-11,13H,4-5,7H2. The predicted molar refractivity (Wildman–Crippen MR) is 58.1 cm³/mol. The fourth-order valence-electron chi connectivity index (χ4n) is 1.46. The summed E-state index contributed by atoms with van der Waals surface area (Å²) < 4.78 is 6.11. The third-order valence-corrected chi connectivity index (χ3v) is 2.89. The molecule has 1 heterocycles. The molecule has 2 unspecified atom stereocenters.